The number of nitrogens with zero attached hydrogens (tertiary/aromatic N) is 1. The summed E-state index contributed by atoms with van der Waals surface area (Å²) in [6.07, 6.45) is 1.86. The van der Waals surface area contributed by atoms with Gasteiger partial charge in [0, 0.05) is 31.6 Å². The van der Waals surface area contributed by atoms with E-state index < -0.39 is 0 Å². The first-order valence-corrected chi connectivity index (χ1v) is 7.23. The van der Waals surface area contributed by atoms with Crippen LogP contribution in [0.2, 0.25) is 0 Å². The van der Waals surface area contributed by atoms with E-state index in [0.717, 1.165) is 19.0 Å². The van der Waals surface area contributed by atoms with Gasteiger partial charge in [0.25, 0.3) is 0 Å². The van der Waals surface area contributed by atoms with Crippen molar-refractivity contribution in [1.82, 2.24) is 15.5 Å². The molecule has 1 saturated heterocycles. The molecule has 106 valence electrons. The second kappa shape index (κ2) is 7.74. The standard InChI is InChI=1S/C14H29N3O/c1-11(2)16-14(18)5-7-15-9-13-6-8-17(10-13)12(3)4/h11-13,15H,5-10H2,1-4H3,(H,16,18). The lowest BCUT2D eigenvalue weighted by atomic mass is 10.1. The molecule has 0 aliphatic carbocycles. The number of carbonyl (C=O) groups is 1. The van der Waals surface area contributed by atoms with E-state index in [0.29, 0.717) is 12.5 Å². The number of rotatable bonds is 7. The summed E-state index contributed by atoms with van der Waals surface area (Å²) < 4.78 is 0. The first-order chi connectivity index (χ1) is 8.49. The molecule has 0 aromatic heterocycles. The number of amides is 1. The minimum Gasteiger partial charge on any atom is -0.354 e. The summed E-state index contributed by atoms with van der Waals surface area (Å²) in [6.45, 7) is 12.7. The fourth-order valence-corrected chi connectivity index (χ4v) is 2.40. The van der Waals surface area contributed by atoms with Crippen LogP contribution in [0.15, 0.2) is 0 Å². The first kappa shape index (κ1) is 15.4. The average Bonchev–Trinajstić information content (AvgIpc) is 2.72. The Hall–Kier alpha value is -0.610. The maximum Gasteiger partial charge on any atom is 0.221 e. The van der Waals surface area contributed by atoms with Crippen molar-refractivity contribution in [3.63, 3.8) is 0 Å². The monoisotopic (exact) mass is 255 g/mol. The molecule has 1 heterocycles. The minimum atomic E-state index is 0.146. The highest BCUT2D eigenvalue weighted by atomic mass is 16.1. The van der Waals surface area contributed by atoms with Crippen LogP contribution in [-0.2, 0) is 4.79 Å². The second-order valence-electron chi connectivity index (χ2n) is 5.92. The van der Waals surface area contributed by atoms with Crippen LogP contribution in [0.25, 0.3) is 0 Å². The summed E-state index contributed by atoms with van der Waals surface area (Å²) >= 11 is 0. The number of nitrogens with one attached hydrogen (secondary N) is 2. The Kier molecular flexibility index (Phi) is 6.65. The van der Waals surface area contributed by atoms with Crippen LogP contribution < -0.4 is 10.6 Å². The molecular weight excluding hydrogens is 226 g/mol. The zero-order valence-electron chi connectivity index (χ0n) is 12.3. The number of hydrogen-bond donors (Lipinski definition) is 2. The molecule has 0 aromatic carbocycles. The molecule has 1 unspecified atom stereocenters. The minimum absolute atomic E-state index is 0.146. The molecule has 0 spiro atoms. The number of carbonyl (C=O) groups excluding carboxylic acids is 1. The predicted octanol–water partition coefficient (Wildman–Crippen LogP) is 1.22. The van der Waals surface area contributed by atoms with Gasteiger partial charge in [-0.2, -0.15) is 0 Å². The van der Waals surface area contributed by atoms with Crippen molar-refractivity contribution >= 4 is 5.91 Å². The maximum absolute atomic E-state index is 11.4. The van der Waals surface area contributed by atoms with E-state index >= 15 is 0 Å². The quantitative estimate of drug-likeness (QED) is 0.672. The summed E-state index contributed by atoms with van der Waals surface area (Å²) in [5.41, 5.74) is 0. The normalized spacial score (nSPS) is 20.9. The Morgan fingerprint density at radius 1 is 1.33 bits per heavy atom. The molecule has 0 radical (unpaired) electrons. The molecule has 18 heavy (non-hydrogen) atoms. The van der Waals surface area contributed by atoms with E-state index in [-0.39, 0.29) is 11.9 Å². The third-order valence-corrected chi connectivity index (χ3v) is 3.46. The van der Waals surface area contributed by atoms with Crippen molar-refractivity contribution < 1.29 is 4.79 Å². The third-order valence-electron chi connectivity index (χ3n) is 3.46. The number of hydrogen-bond acceptors (Lipinski definition) is 3. The Morgan fingerprint density at radius 3 is 2.61 bits per heavy atom. The summed E-state index contributed by atoms with van der Waals surface area (Å²) in [6, 6.07) is 0.902. The molecule has 1 fully saturated rings. The molecule has 0 bridgehead atoms. The van der Waals surface area contributed by atoms with Crippen molar-refractivity contribution in [2.75, 3.05) is 26.2 Å². The van der Waals surface area contributed by atoms with Gasteiger partial charge in [0.05, 0.1) is 0 Å². The molecule has 1 aliphatic rings. The Morgan fingerprint density at radius 2 is 2.06 bits per heavy atom. The van der Waals surface area contributed by atoms with E-state index in [9.17, 15) is 4.79 Å². The predicted molar refractivity (Wildman–Crippen MR) is 75.6 cm³/mol. The van der Waals surface area contributed by atoms with Gasteiger partial charge in [0.15, 0.2) is 0 Å². The van der Waals surface area contributed by atoms with Gasteiger partial charge in [-0.15, -0.1) is 0 Å². The fraction of sp³-hybridized carbons (Fsp3) is 0.929. The highest BCUT2D eigenvalue weighted by Crippen LogP contribution is 2.17. The average molecular weight is 255 g/mol. The van der Waals surface area contributed by atoms with Crippen LogP contribution in [0, 0.1) is 5.92 Å². The van der Waals surface area contributed by atoms with Gasteiger partial charge in [-0.05, 0) is 53.1 Å². The van der Waals surface area contributed by atoms with Crippen LogP contribution in [0.3, 0.4) is 0 Å². The van der Waals surface area contributed by atoms with Crippen molar-refractivity contribution in [3.8, 4) is 0 Å². The first-order valence-electron chi connectivity index (χ1n) is 7.23. The highest BCUT2D eigenvalue weighted by molar-refractivity contribution is 5.76. The molecule has 1 rings (SSSR count). The Labute approximate surface area is 111 Å². The lowest BCUT2D eigenvalue weighted by Gasteiger charge is -2.20. The van der Waals surface area contributed by atoms with Crippen molar-refractivity contribution in [2.24, 2.45) is 5.92 Å². The van der Waals surface area contributed by atoms with Gasteiger partial charge >= 0.3 is 0 Å². The molecule has 4 nitrogen and oxygen atoms in total. The second-order valence-corrected chi connectivity index (χ2v) is 5.92. The van der Waals surface area contributed by atoms with E-state index in [1.807, 2.05) is 13.8 Å². The third kappa shape index (κ3) is 5.83. The molecule has 2 N–H and O–H groups in total. The zero-order chi connectivity index (χ0) is 13.5. The lowest BCUT2D eigenvalue weighted by molar-refractivity contribution is -0.121. The van der Waals surface area contributed by atoms with Crippen molar-refractivity contribution in [1.29, 1.82) is 0 Å². The van der Waals surface area contributed by atoms with E-state index in [1.165, 1.54) is 19.5 Å². The van der Waals surface area contributed by atoms with E-state index in [1.54, 1.807) is 0 Å². The van der Waals surface area contributed by atoms with Crippen molar-refractivity contribution in [3.05, 3.63) is 0 Å². The van der Waals surface area contributed by atoms with Crippen LogP contribution in [0.1, 0.15) is 40.5 Å². The Balaban J connectivity index is 2.04. The smallest absolute Gasteiger partial charge is 0.221 e. The van der Waals surface area contributed by atoms with Crippen LogP contribution in [-0.4, -0.2) is 49.1 Å². The maximum atomic E-state index is 11.4. The number of likely N-dealkylation sites (tertiary alicyclic amines) is 1. The molecule has 0 aromatic rings. The topological polar surface area (TPSA) is 44.4 Å². The highest BCUT2D eigenvalue weighted by Gasteiger charge is 2.23. The molecule has 1 amide bonds. The lowest BCUT2D eigenvalue weighted by Crippen LogP contribution is -2.34. The SMILES string of the molecule is CC(C)NC(=O)CCNCC1CCN(C(C)C)C1. The summed E-state index contributed by atoms with van der Waals surface area (Å²) in [5, 5.41) is 6.31. The molecule has 4 heteroatoms. The molecule has 0 saturated carbocycles. The molecular formula is C14H29N3O. The van der Waals surface area contributed by atoms with Gasteiger partial charge in [-0.3, -0.25) is 4.79 Å². The fourth-order valence-electron chi connectivity index (χ4n) is 2.40. The van der Waals surface area contributed by atoms with E-state index in [4.69, 9.17) is 0 Å². The summed E-state index contributed by atoms with van der Waals surface area (Å²) in [4.78, 5) is 14.0. The van der Waals surface area contributed by atoms with Gasteiger partial charge in [0.1, 0.15) is 0 Å². The van der Waals surface area contributed by atoms with Gasteiger partial charge in [-0.25, -0.2) is 0 Å². The largest absolute Gasteiger partial charge is 0.354 e. The van der Waals surface area contributed by atoms with Gasteiger partial charge in [0.2, 0.25) is 5.91 Å². The van der Waals surface area contributed by atoms with E-state index in [2.05, 4.69) is 29.4 Å². The molecule has 1 aliphatic heterocycles. The molecule has 1 atom stereocenters. The Bertz CT molecular complexity index is 253. The van der Waals surface area contributed by atoms with Crippen molar-refractivity contribution in [2.45, 2.75) is 52.6 Å². The van der Waals surface area contributed by atoms with Gasteiger partial charge in [-0.1, -0.05) is 0 Å². The zero-order valence-corrected chi connectivity index (χ0v) is 12.3. The van der Waals surface area contributed by atoms with Crippen LogP contribution in [0.4, 0.5) is 0 Å². The summed E-state index contributed by atoms with van der Waals surface area (Å²) in [5.74, 6) is 0.897. The van der Waals surface area contributed by atoms with Gasteiger partial charge < -0.3 is 15.5 Å². The summed E-state index contributed by atoms with van der Waals surface area (Å²) in [7, 11) is 0. The van der Waals surface area contributed by atoms with Crippen LogP contribution in [0.5, 0.6) is 0 Å². The van der Waals surface area contributed by atoms with Crippen LogP contribution >= 0.6 is 0 Å².